The summed E-state index contributed by atoms with van der Waals surface area (Å²) in [6, 6.07) is 0.419. The van der Waals surface area contributed by atoms with Gasteiger partial charge < -0.3 is 19.7 Å². The molecular formula is C14H26N2O4. The van der Waals surface area contributed by atoms with E-state index in [4.69, 9.17) is 9.47 Å². The Morgan fingerprint density at radius 1 is 1.15 bits per heavy atom. The van der Waals surface area contributed by atoms with E-state index >= 15 is 0 Å². The first-order valence-electron chi connectivity index (χ1n) is 7.48. The minimum atomic E-state index is -0.215. The summed E-state index contributed by atoms with van der Waals surface area (Å²) in [7, 11) is 0. The lowest BCUT2D eigenvalue weighted by molar-refractivity contribution is -0.143. The van der Waals surface area contributed by atoms with Crippen molar-refractivity contribution in [3.63, 3.8) is 0 Å². The largest absolute Gasteiger partial charge is 0.466 e. The second kappa shape index (κ2) is 9.58. The van der Waals surface area contributed by atoms with Gasteiger partial charge in [-0.05, 0) is 39.7 Å². The number of esters is 1. The fraction of sp³-hybridized carbons (Fsp3) is 0.857. The summed E-state index contributed by atoms with van der Waals surface area (Å²) in [6.07, 6.45) is 2.89. The summed E-state index contributed by atoms with van der Waals surface area (Å²) < 4.78 is 9.85. The van der Waals surface area contributed by atoms with Gasteiger partial charge in [-0.15, -0.1) is 0 Å². The van der Waals surface area contributed by atoms with Crippen LogP contribution in [0, 0.1) is 0 Å². The van der Waals surface area contributed by atoms with Crippen molar-refractivity contribution in [1.29, 1.82) is 0 Å². The predicted octanol–water partition coefficient (Wildman–Crippen LogP) is 1.54. The summed E-state index contributed by atoms with van der Waals surface area (Å²) >= 11 is 0. The van der Waals surface area contributed by atoms with Crippen molar-refractivity contribution in [2.75, 3.05) is 32.8 Å². The molecule has 0 radical (unpaired) electrons. The Morgan fingerprint density at radius 3 is 2.40 bits per heavy atom. The van der Waals surface area contributed by atoms with Crippen molar-refractivity contribution in [2.45, 2.75) is 45.6 Å². The average molecular weight is 286 g/mol. The maximum absolute atomic E-state index is 11.5. The van der Waals surface area contributed by atoms with Gasteiger partial charge in [-0.2, -0.15) is 0 Å². The molecule has 1 aliphatic heterocycles. The highest BCUT2D eigenvalue weighted by Gasteiger charge is 2.22. The number of carbonyl (C=O) groups excluding carboxylic acids is 2. The zero-order valence-corrected chi connectivity index (χ0v) is 12.5. The average Bonchev–Trinajstić information content (AvgIpc) is 2.45. The minimum absolute atomic E-state index is 0.133. The number of ether oxygens (including phenoxy) is 2. The first kappa shape index (κ1) is 16.8. The van der Waals surface area contributed by atoms with Gasteiger partial charge >= 0.3 is 12.1 Å². The van der Waals surface area contributed by atoms with Crippen molar-refractivity contribution in [1.82, 2.24) is 10.2 Å². The number of hydrogen-bond acceptors (Lipinski definition) is 5. The number of carbonyl (C=O) groups is 2. The summed E-state index contributed by atoms with van der Waals surface area (Å²) in [5, 5.41) is 3.42. The van der Waals surface area contributed by atoms with Crippen LogP contribution in [-0.4, -0.2) is 55.9 Å². The van der Waals surface area contributed by atoms with E-state index in [9.17, 15) is 9.59 Å². The van der Waals surface area contributed by atoms with Crippen molar-refractivity contribution in [3.05, 3.63) is 0 Å². The highest BCUT2D eigenvalue weighted by atomic mass is 16.6. The van der Waals surface area contributed by atoms with E-state index < -0.39 is 0 Å². The van der Waals surface area contributed by atoms with Gasteiger partial charge in [0, 0.05) is 25.6 Å². The Labute approximate surface area is 120 Å². The van der Waals surface area contributed by atoms with Crippen molar-refractivity contribution in [3.8, 4) is 0 Å². The molecule has 20 heavy (non-hydrogen) atoms. The Morgan fingerprint density at radius 2 is 1.80 bits per heavy atom. The molecule has 1 saturated heterocycles. The number of likely N-dealkylation sites (tertiary alicyclic amines) is 1. The van der Waals surface area contributed by atoms with E-state index in [1.54, 1.807) is 4.90 Å². The molecule has 1 rings (SSSR count). The fourth-order valence-electron chi connectivity index (χ4n) is 2.25. The molecule has 1 aliphatic rings. The van der Waals surface area contributed by atoms with Crippen LogP contribution < -0.4 is 5.32 Å². The lowest BCUT2D eigenvalue weighted by atomic mass is 10.1. The molecule has 0 bridgehead atoms. The van der Waals surface area contributed by atoms with Crippen LogP contribution in [0.5, 0.6) is 0 Å². The zero-order chi connectivity index (χ0) is 14.8. The maximum atomic E-state index is 11.5. The molecular weight excluding hydrogens is 260 g/mol. The third-order valence-corrected chi connectivity index (χ3v) is 3.32. The molecule has 0 aromatic carbocycles. The number of amides is 1. The molecule has 0 unspecified atom stereocenters. The van der Waals surface area contributed by atoms with E-state index in [1.165, 1.54) is 0 Å². The molecule has 0 atom stereocenters. The van der Waals surface area contributed by atoms with Gasteiger partial charge in [0.15, 0.2) is 0 Å². The van der Waals surface area contributed by atoms with Crippen LogP contribution in [0.4, 0.5) is 4.79 Å². The van der Waals surface area contributed by atoms with Crippen LogP contribution in [0.15, 0.2) is 0 Å². The summed E-state index contributed by atoms with van der Waals surface area (Å²) in [4.78, 5) is 24.4. The molecule has 0 spiro atoms. The summed E-state index contributed by atoms with van der Waals surface area (Å²) in [5.74, 6) is -0.133. The first-order valence-corrected chi connectivity index (χ1v) is 7.48. The molecule has 6 nitrogen and oxygen atoms in total. The molecule has 6 heteroatoms. The standard InChI is InChI=1S/C14H26N2O4/c1-3-19-13(17)6-5-9-15-12-7-10-16(11-8-12)14(18)20-4-2/h12,15H,3-11H2,1-2H3. The van der Waals surface area contributed by atoms with Crippen molar-refractivity contribution >= 4 is 12.1 Å². The van der Waals surface area contributed by atoms with Gasteiger partial charge in [0.25, 0.3) is 0 Å². The number of hydrogen-bond donors (Lipinski definition) is 1. The van der Waals surface area contributed by atoms with Crippen LogP contribution in [-0.2, 0) is 14.3 Å². The number of rotatable bonds is 7. The van der Waals surface area contributed by atoms with E-state index in [0.29, 0.717) is 25.7 Å². The fourth-order valence-corrected chi connectivity index (χ4v) is 2.25. The number of nitrogens with one attached hydrogen (secondary N) is 1. The van der Waals surface area contributed by atoms with E-state index in [2.05, 4.69) is 5.32 Å². The van der Waals surface area contributed by atoms with E-state index in [0.717, 1.165) is 38.9 Å². The van der Waals surface area contributed by atoms with Gasteiger partial charge in [0.1, 0.15) is 0 Å². The first-order chi connectivity index (χ1) is 9.67. The number of nitrogens with zero attached hydrogens (tertiary/aromatic N) is 1. The van der Waals surface area contributed by atoms with Gasteiger partial charge in [0.05, 0.1) is 13.2 Å². The lowest BCUT2D eigenvalue weighted by Gasteiger charge is -2.31. The third kappa shape index (κ3) is 6.23. The monoisotopic (exact) mass is 286 g/mol. The second-order valence-electron chi connectivity index (χ2n) is 4.82. The normalized spacial score (nSPS) is 16.0. The molecule has 0 aromatic rings. The minimum Gasteiger partial charge on any atom is -0.466 e. The Kier molecular flexibility index (Phi) is 8.02. The predicted molar refractivity (Wildman–Crippen MR) is 75.5 cm³/mol. The third-order valence-electron chi connectivity index (χ3n) is 3.32. The quantitative estimate of drug-likeness (QED) is 0.568. The van der Waals surface area contributed by atoms with Gasteiger partial charge in [-0.1, -0.05) is 0 Å². The lowest BCUT2D eigenvalue weighted by Crippen LogP contribution is -2.45. The molecule has 1 heterocycles. The Balaban J connectivity index is 2.08. The summed E-state index contributed by atoms with van der Waals surface area (Å²) in [5.41, 5.74) is 0. The molecule has 0 aliphatic carbocycles. The van der Waals surface area contributed by atoms with Gasteiger partial charge in [-0.25, -0.2) is 4.79 Å². The van der Waals surface area contributed by atoms with Crippen LogP contribution >= 0.6 is 0 Å². The number of piperidine rings is 1. The molecule has 116 valence electrons. The van der Waals surface area contributed by atoms with Crippen LogP contribution in [0.25, 0.3) is 0 Å². The highest BCUT2D eigenvalue weighted by molar-refractivity contribution is 5.69. The molecule has 0 saturated carbocycles. The van der Waals surface area contributed by atoms with Crippen molar-refractivity contribution < 1.29 is 19.1 Å². The van der Waals surface area contributed by atoms with Crippen molar-refractivity contribution in [2.24, 2.45) is 0 Å². The van der Waals surface area contributed by atoms with Gasteiger partial charge in [-0.3, -0.25) is 4.79 Å². The van der Waals surface area contributed by atoms with Crippen LogP contribution in [0.3, 0.4) is 0 Å². The molecule has 1 fully saturated rings. The topological polar surface area (TPSA) is 67.9 Å². The zero-order valence-electron chi connectivity index (χ0n) is 12.5. The molecule has 1 N–H and O–H groups in total. The maximum Gasteiger partial charge on any atom is 0.409 e. The summed E-state index contributed by atoms with van der Waals surface area (Å²) in [6.45, 7) is 6.76. The smallest absolute Gasteiger partial charge is 0.409 e. The highest BCUT2D eigenvalue weighted by Crippen LogP contribution is 2.11. The van der Waals surface area contributed by atoms with E-state index in [1.807, 2.05) is 13.8 Å². The van der Waals surface area contributed by atoms with Crippen LogP contribution in [0.1, 0.15) is 39.5 Å². The van der Waals surface area contributed by atoms with Crippen LogP contribution in [0.2, 0.25) is 0 Å². The van der Waals surface area contributed by atoms with Gasteiger partial charge in [0.2, 0.25) is 0 Å². The SMILES string of the molecule is CCOC(=O)CCCNC1CCN(C(=O)OCC)CC1. The second-order valence-corrected chi connectivity index (χ2v) is 4.82. The Hall–Kier alpha value is -1.30. The Bertz CT molecular complexity index is 302. The molecule has 0 aromatic heterocycles. The molecule has 1 amide bonds. The van der Waals surface area contributed by atoms with E-state index in [-0.39, 0.29) is 12.1 Å².